The SMILES string of the molecule is COc1cccc2c1OCC(C(=O)NCCc1noc(CO)n1)C2. The van der Waals surface area contributed by atoms with E-state index in [9.17, 15) is 4.79 Å². The number of aromatic nitrogens is 2. The highest BCUT2D eigenvalue weighted by atomic mass is 16.5. The lowest BCUT2D eigenvalue weighted by atomic mass is 9.95. The molecule has 3 rings (SSSR count). The molecule has 2 heterocycles. The average Bonchev–Trinajstić information content (AvgIpc) is 3.08. The van der Waals surface area contributed by atoms with Crippen molar-refractivity contribution in [1.29, 1.82) is 0 Å². The number of aliphatic hydroxyl groups excluding tert-OH is 1. The van der Waals surface area contributed by atoms with Gasteiger partial charge in [-0.15, -0.1) is 0 Å². The van der Waals surface area contributed by atoms with Gasteiger partial charge >= 0.3 is 0 Å². The maximum Gasteiger partial charge on any atom is 0.252 e. The van der Waals surface area contributed by atoms with Gasteiger partial charge < -0.3 is 24.4 Å². The van der Waals surface area contributed by atoms with Crippen LogP contribution in [-0.2, 0) is 24.2 Å². The van der Waals surface area contributed by atoms with Crippen LogP contribution in [-0.4, -0.2) is 41.4 Å². The van der Waals surface area contributed by atoms with Gasteiger partial charge in [-0.05, 0) is 18.1 Å². The van der Waals surface area contributed by atoms with Crippen molar-refractivity contribution in [3.63, 3.8) is 0 Å². The number of aliphatic hydroxyl groups is 1. The van der Waals surface area contributed by atoms with Crippen LogP contribution < -0.4 is 14.8 Å². The first-order valence-corrected chi connectivity index (χ1v) is 7.70. The van der Waals surface area contributed by atoms with E-state index in [1.54, 1.807) is 7.11 Å². The first-order chi connectivity index (χ1) is 11.7. The summed E-state index contributed by atoms with van der Waals surface area (Å²) in [4.78, 5) is 16.3. The maximum atomic E-state index is 12.3. The number of nitrogens with zero attached hydrogens (tertiary/aromatic N) is 2. The number of ether oxygens (including phenoxy) is 2. The Morgan fingerprint density at radius 3 is 3.12 bits per heavy atom. The second-order valence-electron chi connectivity index (χ2n) is 5.46. The number of hydrogen-bond acceptors (Lipinski definition) is 7. The minimum Gasteiger partial charge on any atom is -0.493 e. The van der Waals surface area contributed by atoms with Gasteiger partial charge in [-0.2, -0.15) is 4.98 Å². The molecule has 1 amide bonds. The number of carbonyl (C=O) groups is 1. The van der Waals surface area contributed by atoms with Crippen LogP contribution >= 0.6 is 0 Å². The van der Waals surface area contributed by atoms with E-state index in [0.29, 0.717) is 43.3 Å². The number of benzene rings is 1. The number of hydrogen-bond donors (Lipinski definition) is 2. The summed E-state index contributed by atoms with van der Waals surface area (Å²) in [6.45, 7) is 0.419. The fourth-order valence-electron chi connectivity index (χ4n) is 2.62. The highest BCUT2D eigenvalue weighted by Gasteiger charge is 2.27. The van der Waals surface area contributed by atoms with E-state index in [1.165, 1.54) is 0 Å². The quantitative estimate of drug-likeness (QED) is 0.792. The lowest BCUT2D eigenvalue weighted by molar-refractivity contribution is -0.126. The van der Waals surface area contributed by atoms with Gasteiger partial charge in [-0.25, -0.2) is 0 Å². The standard InChI is InChI=1S/C16H19N3O5/c1-22-12-4-2-3-10-7-11(9-23-15(10)12)16(21)17-6-5-13-18-14(8-20)24-19-13/h2-4,11,20H,5-9H2,1H3,(H,17,21). The maximum absolute atomic E-state index is 12.3. The first kappa shape index (κ1) is 16.3. The van der Waals surface area contributed by atoms with Crippen LogP contribution in [0.15, 0.2) is 22.7 Å². The molecule has 0 saturated heterocycles. The van der Waals surface area contributed by atoms with Crippen molar-refractivity contribution in [2.24, 2.45) is 5.92 Å². The molecule has 1 unspecified atom stereocenters. The lowest BCUT2D eigenvalue weighted by Gasteiger charge is -2.25. The van der Waals surface area contributed by atoms with Crippen LogP contribution in [0.5, 0.6) is 11.5 Å². The molecule has 1 atom stereocenters. The Bertz CT molecular complexity index is 715. The van der Waals surface area contributed by atoms with E-state index in [0.717, 1.165) is 5.56 Å². The van der Waals surface area contributed by atoms with Crippen molar-refractivity contribution >= 4 is 5.91 Å². The predicted molar refractivity (Wildman–Crippen MR) is 82.6 cm³/mol. The molecule has 8 nitrogen and oxygen atoms in total. The van der Waals surface area contributed by atoms with Crippen LogP contribution in [0.25, 0.3) is 0 Å². The Kier molecular flexibility index (Phi) is 4.95. The monoisotopic (exact) mass is 333 g/mol. The Labute approximate surface area is 138 Å². The number of nitrogens with one attached hydrogen (secondary N) is 1. The third-order valence-corrected chi connectivity index (χ3v) is 3.84. The van der Waals surface area contributed by atoms with Crippen molar-refractivity contribution in [2.45, 2.75) is 19.4 Å². The molecule has 2 aromatic rings. The van der Waals surface area contributed by atoms with E-state index in [1.807, 2.05) is 18.2 Å². The van der Waals surface area contributed by atoms with Crippen molar-refractivity contribution in [3.05, 3.63) is 35.5 Å². The van der Waals surface area contributed by atoms with Gasteiger partial charge in [-0.3, -0.25) is 4.79 Å². The average molecular weight is 333 g/mol. The van der Waals surface area contributed by atoms with Crippen LogP contribution in [0.1, 0.15) is 17.3 Å². The fourth-order valence-corrected chi connectivity index (χ4v) is 2.62. The molecule has 0 radical (unpaired) electrons. The van der Waals surface area contributed by atoms with E-state index in [4.69, 9.17) is 19.1 Å². The molecule has 1 aliphatic rings. The van der Waals surface area contributed by atoms with Crippen LogP contribution in [0.2, 0.25) is 0 Å². The van der Waals surface area contributed by atoms with Crippen LogP contribution in [0, 0.1) is 5.92 Å². The van der Waals surface area contributed by atoms with Gasteiger partial charge in [0.1, 0.15) is 13.2 Å². The van der Waals surface area contributed by atoms with Crippen molar-refractivity contribution in [2.75, 3.05) is 20.3 Å². The molecule has 8 heteroatoms. The van der Waals surface area contributed by atoms with E-state index in [2.05, 4.69) is 15.5 Å². The third-order valence-electron chi connectivity index (χ3n) is 3.84. The Morgan fingerprint density at radius 2 is 2.38 bits per heavy atom. The summed E-state index contributed by atoms with van der Waals surface area (Å²) in [6, 6.07) is 5.66. The largest absolute Gasteiger partial charge is 0.493 e. The molecule has 1 aliphatic heterocycles. The molecule has 0 bridgehead atoms. The zero-order chi connectivity index (χ0) is 16.9. The fraction of sp³-hybridized carbons (Fsp3) is 0.438. The Hall–Kier alpha value is -2.61. The molecular formula is C16H19N3O5. The highest BCUT2D eigenvalue weighted by molar-refractivity contribution is 5.79. The summed E-state index contributed by atoms with van der Waals surface area (Å²) >= 11 is 0. The summed E-state index contributed by atoms with van der Waals surface area (Å²) in [7, 11) is 1.60. The van der Waals surface area contributed by atoms with Crippen molar-refractivity contribution in [3.8, 4) is 11.5 Å². The van der Waals surface area contributed by atoms with Gasteiger partial charge in [0.25, 0.3) is 5.89 Å². The van der Waals surface area contributed by atoms with Crippen LogP contribution in [0.3, 0.4) is 0 Å². The molecule has 0 aliphatic carbocycles. The third kappa shape index (κ3) is 3.48. The minimum atomic E-state index is -0.290. The lowest BCUT2D eigenvalue weighted by Crippen LogP contribution is -2.38. The number of fused-ring (bicyclic) bond motifs is 1. The summed E-state index contributed by atoms with van der Waals surface area (Å²) in [6.07, 6.45) is 1.04. The highest BCUT2D eigenvalue weighted by Crippen LogP contribution is 2.35. The van der Waals surface area contributed by atoms with Gasteiger partial charge in [-0.1, -0.05) is 17.3 Å². The second kappa shape index (κ2) is 7.31. The van der Waals surface area contributed by atoms with Gasteiger partial charge in [0.15, 0.2) is 17.3 Å². The molecule has 1 aromatic heterocycles. The van der Waals surface area contributed by atoms with Crippen LogP contribution in [0.4, 0.5) is 0 Å². The topological polar surface area (TPSA) is 107 Å². The number of rotatable bonds is 6. The molecule has 0 spiro atoms. The second-order valence-corrected chi connectivity index (χ2v) is 5.46. The molecular weight excluding hydrogens is 314 g/mol. The summed E-state index contributed by atoms with van der Waals surface area (Å²) in [5.74, 6) is 1.70. The van der Waals surface area contributed by atoms with E-state index < -0.39 is 0 Å². The minimum absolute atomic E-state index is 0.0747. The van der Waals surface area contributed by atoms with E-state index >= 15 is 0 Å². The molecule has 0 fully saturated rings. The normalized spacial score (nSPS) is 16.2. The summed E-state index contributed by atoms with van der Waals surface area (Å²) < 4.78 is 15.8. The number of carbonyl (C=O) groups excluding carboxylic acids is 1. The Morgan fingerprint density at radius 1 is 1.50 bits per heavy atom. The molecule has 0 saturated carbocycles. The molecule has 128 valence electrons. The number of amides is 1. The molecule has 1 aromatic carbocycles. The summed E-state index contributed by atoms with van der Waals surface area (Å²) in [5, 5.41) is 15.4. The smallest absolute Gasteiger partial charge is 0.252 e. The summed E-state index contributed by atoms with van der Waals surface area (Å²) in [5.41, 5.74) is 0.964. The molecule has 2 N–H and O–H groups in total. The number of methoxy groups -OCH3 is 1. The van der Waals surface area contributed by atoms with Crippen molar-refractivity contribution < 1.29 is 23.9 Å². The molecule has 24 heavy (non-hydrogen) atoms. The van der Waals surface area contributed by atoms with E-state index in [-0.39, 0.29) is 24.3 Å². The number of para-hydroxylation sites is 1. The van der Waals surface area contributed by atoms with Gasteiger partial charge in [0, 0.05) is 13.0 Å². The Balaban J connectivity index is 1.52. The van der Waals surface area contributed by atoms with Gasteiger partial charge in [0.2, 0.25) is 5.91 Å². The van der Waals surface area contributed by atoms with Crippen molar-refractivity contribution in [1.82, 2.24) is 15.5 Å². The van der Waals surface area contributed by atoms with Gasteiger partial charge in [0.05, 0.1) is 13.0 Å². The zero-order valence-corrected chi connectivity index (χ0v) is 13.3. The zero-order valence-electron chi connectivity index (χ0n) is 13.3. The first-order valence-electron chi connectivity index (χ1n) is 7.70. The predicted octanol–water partition coefficient (Wildman–Crippen LogP) is 0.480.